The normalized spacial score (nSPS) is 40.6. The molecule has 1 amide bonds. The molecule has 2 saturated heterocycles. The summed E-state index contributed by atoms with van der Waals surface area (Å²) < 4.78 is 18.4. The van der Waals surface area contributed by atoms with Crippen LogP contribution in [0.25, 0.3) is 0 Å². The highest BCUT2D eigenvalue weighted by atomic mass is 16.7. The van der Waals surface area contributed by atoms with E-state index in [0.717, 1.165) is 4.57 Å². The molecule has 1 aromatic heterocycles. The predicted molar refractivity (Wildman–Crippen MR) is 145 cm³/mol. The van der Waals surface area contributed by atoms with Gasteiger partial charge >= 0.3 is 5.69 Å². The number of aliphatic hydroxyl groups is 4. The van der Waals surface area contributed by atoms with Crippen molar-refractivity contribution in [3.8, 4) is 0 Å². The second-order valence-corrected chi connectivity index (χ2v) is 11.1. The van der Waals surface area contributed by atoms with Crippen LogP contribution in [0.2, 0.25) is 0 Å². The maximum absolute atomic E-state index is 12.8. The van der Waals surface area contributed by atoms with E-state index in [4.69, 9.17) is 37.1 Å². The average Bonchev–Trinajstić information content (AvgIpc) is 3.33. The summed E-state index contributed by atoms with van der Waals surface area (Å²) in [7, 11) is 0. The van der Waals surface area contributed by atoms with E-state index in [1.54, 1.807) is 0 Å². The van der Waals surface area contributed by atoms with Crippen LogP contribution in [-0.2, 0) is 19.0 Å². The number of carbonyl (C=O) groups excluding carboxylic acids is 1. The number of hydrogen-bond donors (Lipinski definition) is 11. The van der Waals surface area contributed by atoms with Gasteiger partial charge in [0.05, 0.1) is 30.4 Å². The molecule has 18 nitrogen and oxygen atoms in total. The van der Waals surface area contributed by atoms with Crippen LogP contribution in [0.5, 0.6) is 0 Å². The predicted octanol–water partition coefficient (Wildman–Crippen LogP) is -6.90. The number of ether oxygens (including phenoxy) is 3. The maximum atomic E-state index is 12.8. The summed E-state index contributed by atoms with van der Waals surface area (Å²) in [6.07, 6.45) is -8.75. The number of hydrogen-bond acceptors (Lipinski definition) is 15. The molecule has 13 atom stereocenters. The van der Waals surface area contributed by atoms with Gasteiger partial charge in [0.15, 0.2) is 12.4 Å². The number of amides is 1. The quantitative estimate of drug-likeness (QED) is 0.117. The number of rotatable bonds is 9. The molecule has 18 heteroatoms. The van der Waals surface area contributed by atoms with Crippen LogP contribution < -0.4 is 44.8 Å². The summed E-state index contributed by atoms with van der Waals surface area (Å²) >= 11 is 0. The van der Waals surface area contributed by atoms with Crippen molar-refractivity contribution in [1.29, 1.82) is 0 Å². The van der Waals surface area contributed by atoms with E-state index in [-0.39, 0.29) is 38.0 Å². The average molecular weight is 603 g/mol. The summed E-state index contributed by atoms with van der Waals surface area (Å²) in [6.45, 7) is 1.56. The number of nitrogens with two attached hydrogens (primary N) is 4. The van der Waals surface area contributed by atoms with Gasteiger partial charge in [0.25, 0.3) is 11.5 Å². The second-order valence-electron chi connectivity index (χ2n) is 11.1. The Kier molecular flexibility index (Phi) is 10.5. The van der Waals surface area contributed by atoms with E-state index in [0.29, 0.717) is 0 Å². The number of H-pyrrole nitrogens is 1. The SMILES string of the molecule is Cc1cn([C@H]2C[C@H](O)[C@@H](C(=O)NCCN[C@H]3[C@@H](O)[C@H](N)C[C@H](N)[C@H]3O[C@H]3O[C@H](CN)[C@@H](O)[C@H](O)[C@H]3N)O2)c(=O)[nH]c1=O. The molecular formula is C24H42N8O10. The van der Waals surface area contributed by atoms with Gasteiger partial charge in [-0.3, -0.25) is 19.1 Å². The van der Waals surface area contributed by atoms with Gasteiger partial charge in [-0.15, -0.1) is 0 Å². The van der Waals surface area contributed by atoms with E-state index >= 15 is 0 Å². The molecule has 3 fully saturated rings. The minimum Gasteiger partial charge on any atom is -0.390 e. The van der Waals surface area contributed by atoms with Crippen LogP contribution in [0.1, 0.15) is 24.6 Å². The molecule has 238 valence electrons. The minimum atomic E-state index is -1.37. The Morgan fingerprint density at radius 3 is 2.48 bits per heavy atom. The number of carbonyl (C=O) groups is 1. The van der Waals surface area contributed by atoms with Crippen molar-refractivity contribution >= 4 is 5.91 Å². The van der Waals surface area contributed by atoms with Crippen molar-refractivity contribution in [3.63, 3.8) is 0 Å². The smallest absolute Gasteiger partial charge is 0.330 e. The lowest BCUT2D eigenvalue weighted by Gasteiger charge is -2.47. The number of aliphatic hydroxyl groups excluding tert-OH is 4. The molecule has 3 aliphatic rings. The fourth-order valence-electron chi connectivity index (χ4n) is 5.55. The van der Waals surface area contributed by atoms with E-state index in [1.165, 1.54) is 13.1 Å². The third kappa shape index (κ3) is 6.74. The first-order valence-corrected chi connectivity index (χ1v) is 13.8. The zero-order valence-electron chi connectivity index (χ0n) is 23.1. The van der Waals surface area contributed by atoms with Crippen molar-refractivity contribution in [1.82, 2.24) is 20.2 Å². The Labute approximate surface area is 240 Å². The summed E-state index contributed by atoms with van der Waals surface area (Å²) in [5, 5.41) is 47.4. The van der Waals surface area contributed by atoms with E-state index < -0.39 is 96.6 Å². The van der Waals surface area contributed by atoms with Crippen LogP contribution in [0.4, 0.5) is 0 Å². The van der Waals surface area contributed by atoms with Crippen LogP contribution >= 0.6 is 0 Å². The molecule has 0 spiro atoms. The Morgan fingerprint density at radius 2 is 1.79 bits per heavy atom. The first-order valence-electron chi connectivity index (χ1n) is 13.8. The molecule has 1 aromatic rings. The monoisotopic (exact) mass is 602 g/mol. The number of aromatic nitrogens is 2. The van der Waals surface area contributed by atoms with Crippen LogP contribution in [0, 0.1) is 6.92 Å². The first-order chi connectivity index (χ1) is 19.8. The number of nitrogens with zero attached hydrogens (tertiary/aromatic N) is 1. The van der Waals surface area contributed by atoms with Gasteiger partial charge in [-0.05, 0) is 13.3 Å². The lowest BCUT2D eigenvalue weighted by Crippen LogP contribution is -2.70. The van der Waals surface area contributed by atoms with Gasteiger partial charge in [0, 0.05) is 49.9 Å². The molecule has 3 heterocycles. The zero-order valence-corrected chi connectivity index (χ0v) is 23.1. The highest BCUT2D eigenvalue weighted by Crippen LogP contribution is 2.28. The molecule has 1 saturated carbocycles. The maximum Gasteiger partial charge on any atom is 0.330 e. The summed E-state index contributed by atoms with van der Waals surface area (Å²) in [5.41, 5.74) is 23.0. The Bertz CT molecular complexity index is 1200. The standard InChI is InChI=1S/C24H42N8O10/c1-8-7-32(24(39)31-21(8)37)13-5-11(33)20(41-13)22(38)30-3-2-29-15-16(34)9(26)4-10(27)19(15)42-23-14(28)18(36)17(35)12(6-25)40-23/h7,9-20,23,29,33-36H,2-6,25-28H2,1H3,(H,30,38)(H,31,37,39)/t9-,10+,11+,12-,13-,14-,15+,16+,17-,18-,19-,20+,23-/m1/s1. The Hall–Kier alpha value is -2.33. The molecule has 0 radical (unpaired) electrons. The van der Waals surface area contributed by atoms with Crippen molar-refractivity contribution in [3.05, 3.63) is 32.6 Å². The Balaban J connectivity index is 1.34. The van der Waals surface area contributed by atoms with Crippen molar-refractivity contribution in [2.45, 2.75) is 99.2 Å². The van der Waals surface area contributed by atoms with Gasteiger partial charge < -0.3 is 68.2 Å². The fourth-order valence-corrected chi connectivity index (χ4v) is 5.55. The summed E-state index contributed by atoms with van der Waals surface area (Å²) in [5.74, 6) is -0.631. The third-order valence-corrected chi connectivity index (χ3v) is 8.01. The summed E-state index contributed by atoms with van der Waals surface area (Å²) in [6, 6.07) is -3.30. The molecule has 0 aromatic carbocycles. The van der Waals surface area contributed by atoms with Gasteiger partial charge in [0.1, 0.15) is 24.5 Å². The minimum absolute atomic E-state index is 0.0355. The van der Waals surface area contributed by atoms with Crippen molar-refractivity contribution < 1.29 is 39.4 Å². The van der Waals surface area contributed by atoms with Crippen molar-refractivity contribution in [2.75, 3.05) is 19.6 Å². The topological polar surface area (TPSA) is 309 Å². The Morgan fingerprint density at radius 1 is 1.07 bits per heavy atom. The highest BCUT2D eigenvalue weighted by Gasteiger charge is 2.48. The van der Waals surface area contributed by atoms with Gasteiger partial charge in [0.2, 0.25) is 0 Å². The number of nitrogens with one attached hydrogen (secondary N) is 3. The fraction of sp³-hybridized carbons (Fsp3) is 0.792. The third-order valence-electron chi connectivity index (χ3n) is 8.01. The van der Waals surface area contributed by atoms with E-state index in [1.807, 2.05) is 0 Å². The van der Waals surface area contributed by atoms with E-state index in [2.05, 4.69) is 15.6 Å². The molecule has 0 unspecified atom stereocenters. The van der Waals surface area contributed by atoms with Gasteiger partial charge in [-0.25, -0.2) is 4.79 Å². The van der Waals surface area contributed by atoms with Gasteiger partial charge in [-0.1, -0.05) is 0 Å². The van der Waals surface area contributed by atoms with Crippen molar-refractivity contribution in [2.24, 2.45) is 22.9 Å². The van der Waals surface area contributed by atoms with E-state index in [9.17, 15) is 34.8 Å². The molecule has 4 rings (SSSR count). The van der Waals surface area contributed by atoms with Crippen LogP contribution in [0.3, 0.4) is 0 Å². The molecular weight excluding hydrogens is 560 g/mol. The first kappa shape index (κ1) is 32.6. The lowest BCUT2D eigenvalue weighted by atomic mass is 9.82. The van der Waals surface area contributed by atoms with Crippen LogP contribution in [0.15, 0.2) is 15.8 Å². The molecule has 1 aliphatic carbocycles. The molecule has 15 N–H and O–H groups in total. The number of aryl methyl sites for hydroxylation is 1. The zero-order chi connectivity index (χ0) is 30.9. The highest BCUT2D eigenvalue weighted by molar-refractivity contribution is 5.81. The largest absolute Gasteiger partial charge is 0.390 e. The summed E-state index contributed by atoms with van der Waals surface area (Å²) in [4.78, 5) is 38.7. The second kappa shape index (κ2) is 13.5. The molecule has 0 bridgehead atoms. The van der Waals surface area contributed by atoms with Gasteiger partial charge in [-0.2, -0.15) is 0 Å². The van der Waals surface area contributed by atoms with Crippen LogP contribution in [-0.4, -0.2) is 129 Å². The molecule has 2 aliphatic heterocycles. The number of aromatic amines is 1. The lowest BCUT2D eigenvalue weighted by molar-refractivity contribution is -0.279. The molecule has 42 heavy (non-hydrogen) atoms.